The molecule has 10 aromatic rings. The highest BCUT2D eigenvalue weighted by Crippen LogP contribution is 2.45. The van der Waals surface area contributed by atoms with Crippen molar-refractivity contribution in [2.75, 3.05) is 4.90 Å². The molecule has 2 nitrogen and oxygen atoms in total. The number of anilines is 3. The molecule has 8 aromatic carbocycles. The smallest absolute Gasteiger partial charge is 0.0541 e. The largest absolute Gasteiger partial charge is 0.310 e. The summed E-state index contributed by atoms with van der Waals surface area (Å²) < 4.78 is 5.03. The van der Waals surface area contributed by atoms with E-state index in [4.69, 9.17) is 0 Å². The van der Waals surface area contributed by atoms with Gasteiger partial charge in [0.05, 0.1) is 22.4 Å². The van der Waals surface area contributed by atoms with Crippen LogP contribution in [0.25, 0.3) is 69.9 Å². The Balaban J connectivity index is 1.21. The number of rotatable bonds is 6. The van der Waals surface area contributed by atoms with Crippen LogP contribution in [0.1, 0.15) is 0 Å². The van der Waals surface area contributed by atoms with Gasteiger partial charge in [-0.1, -0.05) is 127 Å². The molecule has 0 N–H and O–H groups in total. The second-order valence-corrected chi connectivity index (χ2v) is 14.0. The van der Waals surface area contributed by atoms with E-state index in [-0.39, 0.29) is 0 Å². The molecule has 10 rings (SSSR count). The third-order valence-electron chi connectivity index (χ3n) is 9.99. The molecule has 0 atom stereocenters. The zero-order valence-electron chi connectivity index (χ0n) is 27.8. The molecule has 0 aliphatic heterocycles. The van der Waals surface area contributed by atoms with Gasteiger partial charge in [-0.3, -0.25) is 0 Å². The molecule has 0 aliphatic carbocycles. The van der Waals surface area contributed by atoms with Crippen molar-refractivity contribution in [3.05, 3.63) is 194 Å². The summed E-state index contributed by atoms with van der Waals surface area (Å²) in [6.45, 7) is 0. The van der Waals surface area contributed by atoms with Crippen molar-refractivity contribution >= 4 is 70.4 Å². The van der Waals surface area contributed by atoms with Crippen molar-refractivity contribution in [1.29, 1.82) is 0 Å². The van der Waals surface area contributed by atoms with Crippen LogP contribution in [0.5, 0.6) is 0 Å². The molecular weight excluding hydrogens is 637 g/mol. The highest BCUT2D eigenvalue weighted by molar-refractivity contribution is 7.25. The van der Waals surface area contributed by atoms with Crippen LogP contribution in [0.3, 0.4) is 0 Å². The summed E-state index contributed by atoms with van der Waals surface area (Å²) in [7, 11) is 0. The van der Waals surface area contributed by atoms with E-state index in [1.165, 1.54) is 64.2 Å². The monoisotopic (exact) mass is 668 g/mol. The predicted molar refractivity (Wildman–Crippen MR) is 219 cm³/mol. The molecule has 3 heteroatoms. The Morgan fingerprint density at radius 1 is 0.373 bits per heavy atom. The Morgan fingerprint density at radius 2 is 0.980 bits per heavy atom. The van der Waals surface area contributed by atoms with E-state index in [9.17, 15) is 0 Å². The Morgan fingerprint density at radius 3 is 1.75 bits per heavy atom. The minimum Gasteiger partial charge on any atom is -0.310 e. The average Bonchev–Trinajstić information content (AvgIpc) is 3.74. The number of thiophene rings is 1. The lowest BCUT2D eigenvalue weighted by molar-refractivity contribution is 1.18. The van der Waals surface area contributed by atoms with E-state index in [1.807, 2.05) is 11.3 Å². The number of nitrogens with zero attached hydrogens (tertiary/aromatic N) is 2. The molecule has 2 aromatic heterocycles. The number of aromatic nitrogens is 1. The third-order valence-corrected chi connectivity index (χ3v) is 11.1. The Kier molecular flexibility index (Phi) is 7.04. The Bertz CT molecular complexity index is 2810. The predicted octanol–water partition coefficient (Wildman–Crippen LogP) is 14.0. The van der Waals surface area contributed by atoms with E-state index in [2.05, 4.69) is 204 Å². The summed E-state index contributed by atoms with van der Waals surface area (Å²) in [5.74, 6) is 0. The molecule has 0 saturated heterocycles. The van der Waals surface area contributed by atoms with Crippen LogP contribution in [-0.4, -0.2) is 4.57 Å². The van der Waals surface area contributed by atoms with Crippen LogP contribution in [0, 0.1) is 0 Å². The minimum absolute atomic E-state index is 1.12. The number of benzene rings is 8. The van der Waals surface area contributed by atoms with Crippen LogP contribution in [0.2, 0.25) is 0 Å². The first-order valence-corrected chi connectivity index (χ1v) is 18.2. The molecular formula is C48H32N2S. The van der Waals surface area contributed by atoms with Crippen LogP contribution >= 0.6 is 11.3 Å². The molecule has 51 heavy (non-hydrogen) atoms. The van der Waals surface area contributed by atoms with Crippen molar-refractivity contribution in [3.8, 4) is 27.9 Å². The zero-order chi connectivity index (χ0) is 33.7. The summed E-state index contributed by atoms with van der Waals surface area (Å²) in [4.78, 5) is 2.41. The van der Waals surface area contributed by atoms with Crippen molar-refractivity contribution in [2.24, 2.45) is 0 Å². The molecule has 2 heterocycles. The Labute approximate surface area is 300 Å². The second kappa shape index (κ2) is 12.2. The topological polar surface area (TPSA) is 8.17 Å². The molecule has 0 unspecified atom stereocenters. The fraction of sp³-hybridized carbons (Fsp3) is 0. The van der Waals surface area contributed by atoms with Gasteiger partial charge in [0.15, 0.2) is 0 Å². The van der Waals surface area contributed by atoms with E-state index >= 15 is 0 Å². The van der Waals surface area contributed by atoms with E-state index in [0.717, 1.165) is 22.7 Å². The summed E-state index contributed by atoms with van der Waals surface area (Å²) in [5.41, 5.74) is 11.7. The quantitative estimate of drug-likeness (QED) is 0.171. The maximum absolute atomic E-state index is 2.42. The highest BCUT2D eigenvalue weighted by atomic mass is 32.1. The summed E-state index contributed by atoms with van der Waals surface area (Å²) >= 11 is 1.85. The normalized spacial score (nSPS) is 11.5. The molecule has 0 aliphatic rings. The lowest BCUT2D eigenvalue weighted by atomic mass is 9.95. The van der Waals surface area contributed by atoms with Crippen LogP contribution < -0.4 is 4.90 Å². The fourth-order valence-electron chi connectivity index (χ4n) is 7.70. The molecule has 0 fully saturated rings. The molecule has 0 amide bonds. The summed E-state index contributed by atoms with van der Waals surface area (Å²) in [5, 5.41) is 5.11. The second-order valence-electron chi connectivity index (χ2n) is 12.9. The van der Waals surface area contributed by atoms with E-state index < -0.39 is 0 Å². The lowest BCUT2D eigenvalue weighted by Crippen LogP contribution is -2.11. The van der Waals surface area contributed by atoms with Gasteiger partial charge >= 0.3 is 0 Å². The van der Waals surface area contributed by atoms with Crippen LogP contribution in [-0.2, 0) is 0 Å². The van der Waals surface area contributed by atoms with Gasteiger partial charge < -0.3 is 9.47 Å². The molecule has 0 saturated carbocycles. The molecule has 240 valence electrons. The van der Waals surface area contributed by atoms with Gasteiger partial charge in [0.2, 0.25) is 0 Å². The molecule has 0 radical (unpaired) electrons. The standard InChI is InChI=1S/C48H32N2S/c1-3-15-33(16-4-1)41-31-34(37-19-7-11-23-43(37)50-44-24-12-8-20-38(44)39-21-9-13-25-45(39)50)27-29-46(41)49(35-17-5-2-6-18-35)36-28-30-48-42(32-36)40-22-10-14-26-47(40)51-48/h1-32H. The molecule has 0 spiro atoms. The number of fused-ring (bicyclic) bond motifs is 6. The van der Waals surface area contributed by atoms with Crippen molar-refractivity contribution < 1.29 is 0 Å². The molecule has 0 bridgehead atoms. The van der Waals surface area contributed by atoms with E-state index in [1.54, 1.807) is 0 Å². The first kappa shape index (κ1) is 29.5. The fourth-order valence-corrected chi connectivity index (χ4v) is 8.79. The number of hydrogen-bond acceptors (Lipinski definition) is 2. The van der Waals surface area contributed by atoms with Gasteiger partial charge in [-0.2, -0.15) is 0 Å². The van der Waals surface area contributed by atoms with Crippen molar-refractivity contribution in [3.63, 3.8) is 0 Å². The van der Waals surface area contributed by atoms with Gasteiger partial charge in [0.1, 0.15) is 0 Å². The summed E-state index contributed by atoms with van der Waals surface area (Å²) in [6.07, 6.45) is 0. The number of para-hydroxylation sites is 4. The van der Waals surface area contributed by atoms with Crippen LogP contribution in [0.4, 0.5) is 17.1 Å². The maximum Gasteiger partial charge on any atom is 0.0541 e. The van der Waals surface area contributed by atoms with Crippen LogP contribution in [0.15, 0.2) is 194 Å². The first-order valence-electron chi connectivity index (χ1n) is 17.4. The van der Waals surface area contributed by atoms with E-state index in [0.29, 0.717) is 0 Å². The zero-order valence-corrected chi connectivity index (χ0v) is 28.6. The SMILES string of the molecule is c1ccc(-c2cc(-c3ccccc3-n3c4ccccc4c4ccccc43)ccc2N(c2ccccc2)c2ccc3sc4ccccc4c3c2)cc1. The number of hydrogen-bond donors (Lipinski definition) is 0. The maximum atomic E-state index is 2.42. The Hall–Kier alpha value is -6.42. The van der Waals surface area contributed by atoms with Gasteiger partial charge in [0.25, 0.3) is 0 Å². The minimum atomic E-state index is 1.12. The highest BCUT2D eigenvalue weighted by Gasteiger charge is 2.21. The summed E-state index contributed by atoms with van der Waals surface area (Å²) in [6, 6.07) is 70.4. The van der Waals surface area contributed by atoms with Gasteiger partial charge in [0, 0.05) is 53.4 Å². The lowest BCUT2D eigenvalue weighted by Gasteiger charge is -2.28. The van der Waals surface area contributed by atoms with Crippen molar-refractivity contribution in [1.82, 2.24) is 4.57 Å². The first-order chi connectivity index (χ1) is 25.3. The third kappa shape index (κ3) is 4.93. The van der Waals surface area contributed by atoms with Gasteiger partial charge in [-0.05, 0) is 77.9 Å². The van der Waals surface area contributed by atoms with Crippen molar-refractivity contribution in [2.45, 2.75) is 0 Å². The van der Waals surface area contributed by atoms with Gasteiger partial charge in [-0.15, -0.1) is 11.3 Å². The average molecular weight is 669 g/mol. The van der Waals surface area contributed by atoms with Gasteiger partial charge in [-0.25, -0.2) is 0 Å².